The summed E-state index contributed by atoms with van der Waals surface area (Å²) in [4.78, 5) is 0.753. The van der Waals surface area contributed by atoms with Gasteiger partial charge in [0.15, 0.2) is 28.1 Å². The van der Waals surface area contributed by atoms with Crippen LogP contribution in [0, 0.1) is 0 Å². The standard InChI is InChI=1S/C21H18N4O3S/c1-26-16-9-7-13(11-17(16)27-2)8-10-19-22-23-21-25(19)24-20(29-21)18-12-14-5-3-4-6-15(14)28-18/h3-7,9,11-12H,8,10H2,1-2H3. The van der Waals surface area contributed by atoms with Crippen LogP contribution < -0.4 is 9.47 Å². The Labute approximate surface area is 170 Å². The van der Waals surface area contributed by atoms with E-state index < -0.39 is 0 Å². The minimum atomic E-state index is 0.708. The first kappa shape index (κ1) is 17.7. The van der Waals surface area contributed by atoms with Crippen molar-refractivity contribution in [1.29, 1.82) is 0 Å². The summed E-state index contributed by atoms with van der Waals surface area (Å²) < 4.78 is 18.4. The van der Waals surface area contributed by atoms with Crippen LogP contribution in [0.2, 0.25) is 0 Å². The fourth-order valence-corrected chi connectivity index (χ4v) is 4.10. The first-order chi connectivity index (χ1) is 14.2. The number of aryl methyl sites for hydroxylation is 2. The lowest BCUT2D eigenvalue weighted by molar-refractivity contribution is 0.354. The average Bonchev–Trinajstić information content (AvgIpc) is 3.45. The highest BCUT2D eigenvalue weighted by Crippen LogP contribution is 2.31. The molecule has 0 aliphatic rings. The van der Waals surface area contributed by atoms with E-state index in [1.807, 2.05) is 48.5 Å². The second kappa shape index (κ2) is 7.21. The fourth-order valence-electron chi connectivity index (χ4n) is 3.29. The van der Waals surface area contributed by atoms with Crippen molar-refractivity contribution in [2.75, 3.05) is 14.2 Å². The molecule has 29 heavy (non-hydrogen) atoms. The Morgan fingerprint density at radius 2 is 1.83 bits per heavy atom. The average molecular weight is 406 g/mol. The maximum atomic E-state index is 5.93. The van der Waals surface area contributed by atoms with E-state index in [4.69, 9.17) is 13.9 Å². The zero-order valence-electron chi connectivity index (χ0n) is 16.0. The third-order valence-corrected chi connectivity index (χ3v) is 5.69. The van der Waals surface area contributed by atoms with Crippen molar-refractivity contribution in [1.82, 2.24) is 19.8 Å². The monoisotopic (exact) mass is 406 g/mol. The molecule has 8 heteroatoms. The van der Waals surface area contributed by atoms with Gasteiger partial charge < -0.3 is 13.9 Å². The summed E-state index contributed by atoms with van der Waals surface area (Å²) in [5, 5.41) is 15.1. The number of rotatable bonds is 6. The van der Waals surface area contributed by atoms with Crippen molar-refractivity contribution in [2.45, 2.75) is 12.8 Å². The number of furan rings is 1. The van der Waals surface area contributed by atoms with Crippen LogP contribution in [0.5, 0.6) is 11.5 Å². The molecule has 0 aliphatic heterocycles. The van der Waals surface area contributed by atoms with E-state index >= 15 is 0 Å². The van der Waals surface area contributed by atoms with E-state index in [-0.39, 0.29) is 0 Å². The van der Waals surface area contributed by atoms with Gasteiger partial charge in [-0.1, -0.05) is 35.6 Å². The minimum absolute atomic E-state index is 0.708. The zero-order valence-corrected chi connectivity index (χ0v) is 16.8. The highest BCUT2D eigenvalue weighted by Gasteiger charge is 2.16. The van der Waals surface area contributed by atoms with Gasteiger partial charge in [0.1, 0.15) is 5.58 Å². The highest BCUT2D eigenvalue weighted by atomic mass is 32.1. The second-order valence-corrected chi connectivity index (χ2v) is 7.51. The summed E-state index contributed by atoms with van der Waals surface area (Å²) in [6.07, 6.45) is 1.50. The Morgan fingerprint density at radius 3 is 2.66 bits per heavy atom. The number of nitrogens with zero attached hydrogens (tertiary/aromatic N) is 4. The zero-order chi connectivity index (χ0) is 19.8. The van der Waals surface area contributed by atoms with Crippen molar-refractivity contribution in [3.63, 3.8) is 0 Å². The van der Waals surface area contributed by atoms with Gasteiger partial charge in [0.05, 0.1) is 14.2 Å². The molecule has 5 aromatic rings. The summed E-state index contributed by atoms with van der Waals surface area (Å²) in [6.45, 7) is 0. The molecule has 0 fully saturated rings. The van der Waals surface area contributed by atoms with Crippen LogP contribution in [0.25, 0.3) is 26.7 Å². The second-order valence-electron chi connectivity index (χ2n) is 6.56. The molecule has 2 aromatic carbocycles. The lowest BCUT2D eigenvalue weighted by Crippen LogP contribution is -2.00. The van der Waals surface area contributed by atoms with Crippen LogP contribution in [-0.2, 0) is 12.8 Å². The Morgan fingerprint density at radius 1 is 0.966 bits per heavy atom. The number of para-hydroxylation sites is 1. The molecule has 3 heterocycles. The van der Waals surface area contributed by atoms with Gasteiger partial charge in [-0.3, -0.25) is 0 Å². The molecule has 0 saturated heterocycles. The van der Waals surface area contributed by atoms with Gasteiger partial charge in [-0.2, -0.15) is 4.52 Å². The smallest absolute Gasteiger partial charge is 0.235 e. The molecule has 0 radical (unpaired) electrons. The number of aromatic nitrogens is 4. The first-order valence-electron chi connectivity index (χ1n) is 9.16. The van der Waals surface area contributed by atoms with Crippen LogP contribution in [-0.4, -0.2) is 34.0 Å². The third-order valence-electron chi connectivity index (χ3n) is 4.78. The van der Waals surface area contributed by atoms with Crippen LogP contribution in [0.4, 0.5) is 0 Å². The molecule has 0 aliphatic carbocycles. The Balaban J connectivity index is 1.40. The predicted octanol–water partition coefficient (Wildman–Crippen LogP) is 4.40. The van der Waals surface area contributed by atoms with Gasteiger partial charge in [0.25, 0.3) is 0 Å². The Bertz CT molecular complexity index is 1270. The molecule has 0 unspecified atom stereocenters. The number of methoxy groups -OCH3 is 2. The molecule has 0 amide bonds. The van der Waals surface area contributed by atoms with Crippen LogP contribution in [0.1, 0.15) is 11.4 Å². The van der Waals surface area contributed by atoms with Gasteiger partial charge in [0.2, 0.25) is 4.96 Å². The van der Waals surface area contributed by atoms with Crippen molar-refractivity contribution in [3.8, 4) is 22.3 Å². The number of fused-ring (bicyclic) bond motifs is 2. The summed E-state index contributed by atoms with van der Waals surface area (Å²) in [7, 11) is 3.27. The van der Waals surface area contributed by atoms with Crippen molar-refractivity contribution < 1.29 is 13.9 Å². The van der Waals surface area contributed by atoms with E-state index in [1.165, 1.54) is 11.3 Å². The largest absolute Gasteiger partial charge is 0.493 e. The van der Waals surface area contributed by atoms with Crippen LogP contribution in [0.3, 0.4) is 0 Å². The molecule has 5 rings (SSSR count). The topological polar surface area (TPSA) is 74.7 Å². The minimum Gasteiger partial charge on any atom is -0.493 e. The van der Waals surface area contributed by atoms with E-state index in [1.54, 1.807) is 18.7 Å². The number of benzene rings is 2. The fraction of sp³-hybridized carbons (Fsp3) is 0.190. The number of hydrogen-bond acceptors (Lipinski definition) is 7. The van der Waals surface area contributed by atoms with Crippen molar-refractivity contribution in [3.05, 3.63) is 59.9 Å². The van der Waals surface area contributed by atoms with Gasteiger partial charge in [-0.15, -0.1) is 15.3 Å². The van der Waals surface area contributed by atoms with E-state index in [0.717, 1.165) is 56.0 Å². The molecular weight excluding hydrogens is 388 g/mol. The summed E-state index contributed by atoms with van der Waals surface area (Å²) >= 11 is 1.47. The highest BCUT2D eigenvalue weighted by molar-refractivity contribution is 7.19. The molecule has 0 saturated carbocycles. The predicted molar refractivity (Wildman–Crippen MR) is 111 cm³/mol. The lowest BCUT2D eigenvalue weighted by Gasteiger charge is -2.09. The first-order valence-corrected chi connectivity index (χ1v) is 9.98. The van der Waals surface area contributed by atoms with Crippen LogP contribution >= 0.6 is 11.3 Å². The SMILES string of the molecule is COc1ccc(CCc2nnc3sc(-c4cc5ccccc5o4)nn23)cc1OC. The summed E-state index contributed by atoms with van der Waals surface area (Å²) in [5.41, 5.74) is 1.98. The number of ether oxygens (including phenoxy) is 2. The maximum Gasteiger partial charge on any atom is 0.235 e. The van der Waals surface area contributed by atoms with Gasteiger partial charge in [-0.05, 0) is 36.2 Å². The maximum absolute atomic E-state index is 5.93. The molecule has 0 atom stereocenters. The van der Waals surface area contributed by atoms with Crippen LogP contribution in [0.15, 0.2) is 52.9 Å². The van der Waals surface area contributed by atoms with Crippen molar-refractivity contribution in [2.24, 2.45) is 0 Å². The van der Waals surface area contributed by atoms with Gasteiger partial charge >= 0.3 is 0 Å². The third kappa shape index (κ3) is 3.21. The molecule has 0 N–H and O–H groups in total. The Hall–Kier alpha value is -3.39. The van der Waals surface area contributed by atoms with Gasteiger partial charge in [-0.25, -0.2) is 0 Å². The molecular formula is C21H18N4O3S. The summed E-state index contributed by atoms with van der Waals surface area (Å²) in [5.74, 6) is 2.99. The quantitative estimate of drug-likeness (QED) is 0.416. The molecule has 7 nitrogen and oxygen atoms in total. The normalized spacial score (nSPS) is 11.4. The number of hydrogen-bond donors (Lipinski definition) is 0. The molecule has 146 valence electrons. The van der Waals surface area contributed by atoms with Gasteiger partial charge in [0, 0.05) is 11.8 Å². The van der Waals surface area contributed by atoms with E-state index in [9.17, 15) is 0 Å². The summed E-state index contributed by atoms with van der Waals surface area (Å²) in [6, 6.07) is 15.9. The lowest BCUT2D eigenvalue weighted by atomic mass is 10.1. The van der Waals surface area contributed by atoms with E-state index in [0.29, 0.717) is 6.42 Å². The molecule has 0 bridgehead atoms. The van der Waals surface area contributed by atoms with E-state index in [2.05, 4.69) is 15.3 Å². The van der Waals surface area contributed by atoms with Crippen molar-refractivity contribution >= 4 is 27.3 Å². The molecule has 0 spiro atoms. The molecule has 3 aromatic heterocycles. The Kier molecular flexibility index (Phi) is 4.40.